The maximum atomic E-state index is 13.4. The minimum Gasteiger partial charge on any atom is -0.505 e. The number of nitrogens with zero attached hydrogens (tertiary/aromatic N) is 2. The second-order valence-corrected chi connectivity index (χ2v) is 8.84. The molecule has 1 unspecified atom stereocenters. The summed E-state index contributed by atoms with van der Waals surface area (Å²) >= 11 is 0. The quantitative estimate of drug-likeness (QED) is 0.333. The first-order valence-electron chi connectivity index (χ1n) is 11.3. The number of pyridine rings is 2. The van der Waals surface area contributed by atoms with E-state index in [0.717, 1.165) is 4.57 Å². The van der Waals surface area contributed by atoms with Crippen LogP contribution in [0.25, 0.3) is 11.0 Å². The van der Waals surface area contributed by atoms with Crippen molar-refractivity contribution >= 4 is 22.8 Å². The summed E-state index contributed by atoms with van der Waals surface area (Å²) in [6.45, 7) is -1.76. The molecule has 0 bridgehead atoms. The Bertz CT molecular complexity index is 1470. The van der Waals surface area contributed by atoms with Crippen LogP contribution in [0.3, 0.4) is 0 Å². The molecule has 1 aliphatic rings. The van der Waals surface area contributed by atoms with Crippen LogP contribution in [0.4, 0.5) is 17.6 Å². The van der Waals surface area contributed by atoms with Gasteiger partial charge in [-0.2, -0.15) is 13.2 Å². The predicted molar refractivity (Wildman–Crippen MR) is 124 cm³/mol. The first kappa shape index (κ1) is 26.9. The van der Waals surface area contributed by atoms with Crippen molar-refractivity contribution in [1.29, 1.82) is 0 Å². The number of nitrogens with one attached hydrogen (secondary N) is 2. The fourth-order valence-electron chi connectivity index (χ4n) is 4.12. The molecule has 14 heteroatoms. The molecule has 3 aromatic rings. The van der Waals surface area contributed by atoms with E-state index in [9.17, 15) is 37.1 Å². The highest BCUT2D eigenvalue weighted by Crippen LogP contribution is 2.40. The highest BCUT2D eigenvalue weighted by molar-refractivity contribution is 6.03. The molecule has 38 heavy (non-hydrogen) atoms. The van der Waals surface area contributed by atoms with Crippen LogP contribution in [0.15, 0.2) is 35.3 Å². The highest BCUT2D eigenvalue weighted by Gasteiger charge is 2.44. The molecule has 1 aliphatic heterocycles. The van der Waals surface area contributed by atoms with Gasteiger partial charge in [0.15, 0.2) is 11.5 Å². The molecule has 0 saturated carbocycles. The Balaban J connectivity index is 1.90. The van der Waals surface area contributed by atoms with Crippen LogP contribution >= 0.6 is 0 Å². The summed E-state index contributed by atoms with van der Waals surface area (Å²) in [6.07, 6.45) is -3.40. The second kappa shape index (κ2) is 9.93. The summed E-state index contributed by atoms with van der Waals surface area (Å²) in [5.74, 6) is -3.59. The lowest BCUT2D eigenvalue weighted by Crippen LogP contribution is -2.56. The van der Waals surface area contributed by atoms with Gasteiger partial charge in [0.25, 0.3) is 17.4 Å². The molecule has 4 rings (SSSR count). The fraction of sp³-hybridized carbons (Fsp3) is 0.333. The number of hydrogen-bond acceptors (Lipinski definition) is 7. The minimum atomic E-state index is -4.71. The van der Waals surface area contributed by atoms with Gasteiger partial charge in [-0.3, -0.25) is 23.9 Å². The summed E-state index contributed by atoms with van der Waals surface area (Å²) < 4.78 is 58.6. The van der Waals surface area contributed by atoms with Crippen LogP contribution < -0.4 is 20.9 Å². The smallest absolute Gasteiger partial charge is 0.405 e. The molecule has 1 atom stereocenters. The zero-order valence-electron chi connectivity index (χ0n) is 19.9. The van der Waals surface area contributed by atoms with Crippen LogP contribution in [0.1, 0.15) is 28.4 Å². The van der Waals surface area contributed by atoms with Gasteiger partial charge in [-0.15, -0.1) is 0 Å². The zero-order valence-corrected chi connectivity index (χ0v) is 19.9. The number of carbonyl (C=O) groups excluding carboxylic acids is 2. The van der Waals surface area contributed by atoms with E-state index in [0.29, 0.717) is 5.56 Å². The van der Waals surface area contributed by atoms with Gasteiger partial charge >= 0.3 is 6.18 Å². The van der Waals surface area contributed by atoms with Gasteiger partial charge in [0.05, 0.1) is 13.2 Å². The lowest BCUT2D eigenvalue weighted by molar-refractivity contribution is -0.149. The molecular weight excluding hydrogens is 516 g/mol. The monoisotopic (exact) mass is 538 g/mol. The Morgan fingerprint density at radius 1 is 1.21 bits per heavy atom. The van der Waals surface area contributed by atoms with Crippen molar-refractivity contribution in [2.24, 2.45) is 0 Å². The third-order valence-corrected chi connectivity index (χ3v) is 5.92. The highest BCUT2D eigenvalue weighted by atomic mass is 19.4. The van der Waals surface area contributed by atoms with E-state index < -0.39 is 66.0 Å². The number of halogens is 4. The second-order valence-electron chi connectivity index (χ2n) is 8.84. The average Bonchev–Trinajstić information content (AvgIpc) is 2.86. The zero-order chi connectivity index (χ0) is 27.8. The summed E-state index contributed by atoms with van der Waals surface area (Å²) in [6, 6.07) is 5.38. The first-order chi connectivity index (χ1) is 17.8. The average molecular weight is 538 g/mol. The molecule has 3 heterocycles. The van der Waals surface area contributed by atoms with Gasteiger partial charge in [-0.1, -0.05) is 12.1 Å². The van der Waals surface area contributed by atoms with E-state index in [4.69, 9.17) is 9.84 Å². The van der Waals surface area contributed by atoms with Crippen molar-refractivity contribution in [1.82, 2.24) is 20.2 Å². The molecule has 4 N–H and O–H groups in total. The number of rotatable bonds is 7. The standard InChI is InChI=1S/C24H22F4N4O6/c1-23(22(37)31-10-24(26,27)28)11-32-17-16(18(34)15(21(32)36)20(35)29-6-7-33)30-9-13(19(17)38-23)8-12-2-4-14(25)5-3-12/h2-5,9,33-34H,6-8,10-11H2,1H3,(H,29,35)(H,31,37). The number of aromatic nitrogens is 2. The number of aliphatic hydroxyl groups is 1. The number of aliphatic hydroxyl groups excluding tert-OH is 1. The molecule has 1 aromatic carbocycles. The van der Waals surface area contributed by atoms with Gasteiger partial charge in [0.1, 0.15) is 29.0 Å². The Kier molecular flexibility index (Phi) is 7.02. The van der Waals surface area contributed by atoms with Gasteiger partial charge in [-0.05, 0) is 24.6 Å². The normalized spacial score (nSPS) is 16.7. The van der Waals surface area contributed by atoms with Crippen LogP contribution in [0, 0.1) is 5.82 Å². The number of ether oxygens (including phenoxy) is 1. The fourth-order valence-corrected chi connectivity index (χ4v) is 4.12. The summed E-state index contributed by atoms with van der Waals surface area (Å²) in [4.78, 5) is 43.1. The predicted octanol–water partition coefficient (Wildman–Crippen LogP) is 1.38. The third-order valence-electron chi connectivity index (χ3n) is 5.92. The number of aromatic hydroxyl groups is 1. The molecule has 202 valence electrons. The van der Waals surface area contributed by atoms with E-state index in [1.807, 2.05) is 0 Å². The molecule has 0 radical (unpaired) electrons. The molecule has 0 saturated heterocycles. The van der Waals surface area contributed by atoms with Crippen LogP contribution in [0.2, 0.25) is 0 Å². The minimum absolute atomic E-state index is 0.0620. The van der Waals surface area contributed by atoms with Crippen LogP contribution in [-0.2, 0) is 17.8 Å². The summed E-state index contributed by atoms with van der Waals surface area (Å²) in [5.41, 5.74) is -3.26. The van der Waals surface area contributed by atoms with Crippen molar-refractivity contribution < 1.29 is 42.1 Å². The SMILES string of the molecule is CC1(C(=O)NCC(F)(F)F)Cn2c(=O)c(C(=O)NCCO)c(O)c3ncc(Cc4ccc(F)cc4)c(c32)O1. The van der Waals surface area contributed by atoms with Crippen LogP contribution in [0.5, 0.6) is 11.5 Å². The van der Waals surface area contributed by atoms with Gasteiger partial charge < -0.3 is 25.6 Å². The van der Waals surface area contributed by atoms with Gasteiger partial charge in [0, 0.05) is 24.7 Å². The number of alkyl halides is 3. The van der Waals surface area contributed by atoms with E-state index >= 15 is 0 Å². The van der Waals surface area contributed by atoms with Gasteiger partial charge in [-0.25, -0.2) is 4.39 Å². The molecule has 0 spiro atoms. The molecule has 2 aromatic heterocycles. The Hall–Kier alpha value is -4.20. The molecule has 0 aliphatic carbocycles. The van der Waals surface area contributed by atoms with E-state index in [-0.39, 0.29) is 35.3 Å². The van der Waals surface area contributed by atoms with Crippen molar-refractivity contribution in [2.75, 3.05) is 19.7 Å². The third kappa shape index (κ3) is 5.11. The lowest BCUT2D eigenvalue weighted by atomic mass is 9.98. The molecule has 10 nitrogen and oxygen atoms in total. The molecule has 0 fully saturated rings. The van der Waals surface area contributed by atoms with Crippen molar-refractivity contribution in [3.05, 3.63) is 63.3 Å². The Labute approximate surface area is 211 Å². The van der Waals surface area contributed by atoms with E-state index in [1.165, 1.54) is 37.4 Å². The Morgan fingerprint density at radius 3 is 2.53 bits per heavy atom. The lowest BCUT2D eigenvalue weighted by Gasteiger charge is -2.36. The van der Waals surface area contributed by atoms with Crippen molar-refractivity contribution in [2.45, 2.75) is 31.7 Å². The number of carbonyl (C=O) groups is 2. The molecular formula is C24H22F4N4O6. The van der Waals surface area contributed by atoms with E-state index in [2.05, 4.69) is 10.3 Å². The maximum absolute atomic E-state index is 13.4. The Morgan fingerprint density at radius 2 is 1.89 bits per heavy atom. The summed E-state index contributed by atoms with van der Waals surface area (Å²) in [5, 5.41) is 23.8. The maximum Gasteiger partial charge on any atom is 0.405 e. The molecule has 2 amide bonds. The van der Waals surface area contributed by atoms with E-state index in [1.54, 1.807) is 5.32 Å². The van der Waals surface area contributed by atoms with Gasteiger partial charge in [0.2, 0.25) is 5.60 Å². The number of benzene rings is 1. The van der Waals surface area contributed by atoms with Crippen LogP contribution in [-0.4, -0.2) is 63.1 Å². The number of hydrogen-bond donors (Lipinski definition) is 4. The summed E-state index contributed by atoms with van der Waals surface area (Å²) in [7, 11) is 0. The van der Waals surface area contributed by atoms with Crippen molar-refractivity contribution in [3.8, 4) is 11.5 Å². The topological polar surface area (TPSA) is 143 Å². The van der Waals surface area contributed by atoms with Crippen molar-refractivity contribution in [3.63, 3.8) is 0 Å². The number of amides is 2. The largest absolute Gasteiger partial charge is 0.505 e. The first-order valence-corrected chi connectivity index (χ1v) is 11.3.